The Balaban J connectivity index is 1.99. The largest absolute Gasteiger partial charge is 0.366 e. The smallest absolute Gasteiger partial charge is 0.274 e. The van der Waals surface area contributed by atoms with Crippen molar-refractivity contribution in [1.82, 2.24) is 15.1 Å². The highest BCUT2D eigenvalue weighted by atomic mass is 16.2. The van der Waals surface area contributed by atoms with Gasteiger partial charge in [0.25, 0.3) is 5.91 Å². The summed E-state index contributed by atoms with van der Waals surface area (Å²) in [5, 5.41) is 11.4. The number of piperidine rings is 1. The van der Waals surface area contributed by atoms with Gasteiger partial charge in [-0.3, -0.25) is 4.79 Å². The van der Waals surface area contributed by atoms with Crippen LogP contribution in [0.5, 0.6) is 0 Å². The fourth-order valence-corrected chi connectivity index (χ4v) is 2.14. The molecule has 19 heavy (non-hydrogen) atoms. The minimum absolute atomic E-state index is 0.00212. The molecule has 1 aromatic rings. The summed E-state index contributed by atoms with van der Waals surface area (Å²) in [4.78, 5) is 14.1. The zero-order valence-corrected chi connectivity index (χ0v) is 11.7. The topological polar surface area (TPSA) is 58.1 Å². The normalized spacial score (nSPS) is 17.1. The van der Waals surface area contributed by atoms with Crippen LogP contribution in [0.25, 0.3) is 0 Å². The van der Waals surface area contributed by atoms with E-state index in [1.165, 1.54) is 6.42 Å². The van der Waals surface area contributed by atoms with Crippen molar-refractivity contribution in [3.63, 3.8) is 0 Å². The predicted octanol–water partition coefficient (Wildman–Crippen LogP) is 2.31. The summed E-state index contributed by atoms with van der Waals surface area (Å²) in [6.07, 6.45) is 4.42. The third kappa shape index (κ3) is 3.66. The summed E-state index contributed by atoms with van der Waals surface area (Å²) < 4.78 is 0. The Bertz CT molecular complexity index is 412. The molecule has 1 aromatic heterocycles. The summed E-state index contributed by atoms with van der Waals surface area (Å²) in [5.41, 5.74) is 0.441. The van der Waals surface area contributed by atoms with E-state index in [9.17, 15) is 4.79 Å². The highest BCUT2D eigenvalue weighted by molar-refractivity contribution is 5.92. The Labute approximate surface area is 114 Å². The fraction of sp³-hybridized carbons (Fsp3) is 0.643. The number of aromatic nitrogens is 2. The van der Waals surface area contributed by atoms with E-state index in [2.05, 4.69) is 29.4 Å². The molecule has 5 heteroatoms. The zero-order valence-electron chi connectivity index (χ0n) is 11.7. The monoisotopic (exact) mass is 262 g/mol. The molecule has 1 unspecified atom stereocenters. The first-order valence-corrected chi connectivity index (χ1v) is 7.10. The van der Waals surface area contributed by atoms with Crippen molar-refractivity contribution in [1.29, 1.82) is 0 Å². The summed E-state index contributed by atoms with van der Waals surface area (Å²) in [6.45, 7) is 5.88. The van der Waals surface area contributed by atoms with Gasteiger partial charge in [-0.15, -0.1) is 10.2 Å². The molecular formula is C14H22N4O. The maximum absolute atomic E-state index is 12.2. The highest BCUT2D eigenvalue weighted by Gasteiger charge is 2.19. The Morgan fingerprint density at radius 3 is 2.63 bits per heavy atom. The Kier molecular flexibility index (Phi) is 4.71. The van der Waals surface area contributed by atoms with Crippen molar-refractivity contribution in [2.24, 2.45) is 0 Å². The Morgan fingerprint density at radius 1 is 1.32 bits per heavy atom. The van der Waals surface area contributed by atoms with E-state index >= 15 is 0 Å². The molecule has 0 spiro atoms. The number of carbonyl (C=O) groups excluding carboxylic acids is 1. The van der Waals surface area contributed by atoms with Crippen LogP contribution in [-0.4, -0.2) is 40.1 Å². The second kappa shape index (κ2) is 6.50. The summed E-state index contributed by atoms with van der Waals surface area (Å²) in [5.74, 6) is 0.729. The number of carbonyl (C=O) groups is 1. The zero-order chi connectivity index (χ0) is 13.7. The Morgan fingerprint density at radius 2 is 2.05 bits per heavy atom. The van der Waals surface area contributed by atoms with Crippen LogP contribution in [0, 0.1) is 0 Å². The minimum atomic E-state index is 0.00212. The molecule has 1 amide bonds. The quantitative estimate of drug-likeness (QED) is 0.904. The van der Waals surface area contributed by atoms with Crippen molar-refractivity contribution in [3.05, 3.63) is 17.8 Å². The van der Waals surface area contributed by atoms with Crippen molar-refractivity contribution in [2.45, 2.75) is 45.6 Å². The number of likely N-dealkylation sites (tertiary alicyclic amines) is 1. The second-order valence-electron chi connectivity index (χ2n) is 5.11. The van der Waals surface area contributed by atoms with Gasteiger partial charge < -0.3 is 10.2 Å². The van der Waals surface area contributed by atoms with E-state index in [-0.39, 0.29) is 5.91 Å². The van der Waals surface area contributed by atoms with Crippen molar-refractivity contribution >= 4 is 11.7 Å². The van der Waals surface area contributed by atoms with Crippen LogP contribution in [0.1, 0.15) is 50.0 Å². The van der Waals surface area contributed by atoms with Gasteiger partial charge in [0.15, 0.2) is 5.69 Å². The van der Waals surface area contributed by atoms with E-state index in [0.29, 0.717) is 11.7 Å². The van der Waals surface area contributed by atoms with Gasteiger partial charge in [0.1, 0.15) is 5.82 Å². The SMILES string of the molecule is CCC(C)Nc1ccc(C(=O)N2CCCCC2)nn1. The van der Waals surface area contributed by atoms with Gasteiger partial charge in [0.05, 0.1) is 0 Å². The summed E-state index contributed by atoms with van der Waals surface area (Å²) in [6, 6.07) is 3.95. The lowest BCUT2D eigenvalue weighted by Crippen LogP contribution is -2.36. The van der Waals surface area contributed by atoms with Gasteiger partial charge in [0.2, 0.25) is 0 Å². The molecule has 1 fully saturated rings. The molecule has 1 atom stereocenters. The molecule has 1 saturated heterocycles. The minimum Gasteiger partial charge on any atom is -0.366 e. The van der Waals surface area contributed by atoms with Crippen LogP contribution >= 0.6 is 0 Å². The van der Waals surface area contributed by atoms with E-state index in [1.54, 1.807) is 6.07 Å². The van der Waals surface area contributed by atoms with E-state index < -0.39 is 0 Å². The second-order valence-corrected chi connectivity index (χ2v) is 5.11. The third-order valence-corrected chi connectivity index (χ3v) is 3.53. The molecule has 2 rings (SSSR count). The van der Waals surface area contributed by atoms with E-state index in [0.717, 1.165) is 38.2 Å². The summed E-state index contributed by atoms with van der Waals surface area (Å²) in [7, 11) is 0. The molecule has 0 saturated carbocycles. The Hall–Kier alpha value is -1.65. The van der Waals surface area contributed by atoms with Crippen molar-refractivity contribution in [3.8, 4) is 0 Å². The lowest BCUT2D eigenvalue weighted by atomic mass is 10.1. The summed E-state index contributed by atoms with van der Waals surface area (Å²) >= 11 is 0. The third-order valence-electron chi connectivity index (χ3n) is 3.53. The number of nitrogens with one attached hydrogen (secondary N) is 1. The molecule has 5 nitrogen and oxygen atoms in total. The number of anilines is 1. The maximum Gasteiger partial charge on any atom is 0.274 e. The number of amides is 1. The average Bonchev–Trinajstić information content (AvgIpc) is 2.48. The molecular weight excluding hydrogens is 240 g/mol. The van der Waals surface area contributed by atoms with E-state index in [1.807, 2.05) is 11.0 Å². The molecule has 2 heterocycles. The van der Waals surface area contributed by atoms with Gasteiger partial charge in [-0.05, 0) is 44.7 Å². The first-order valence-electron chi connectivity index (χ1n) is 7.10. The molecule has 1 aliphatic rings. The molecule has 0 aromatic carbocycles. The number of hydrogen-bond donors (Lipinski definition) is 1. The van der Waals surface area contributed by atoms with Crippen LogP contribution in [0.3, 0.4) is 0 Å². The highest BCUT2D eigenvalue weighted by Crippen LogP contribution is 2.12. The van der Waals surface area contributed by atoms with E-state index in [4.69, 9.17) is 0 Å². The fourth-order valence-electron chi connectivity index (χ4n) is 2.14. The average molecular weight is 262 g/mol. The van der Waals surface area contributed by atoms with Gasteiger partial charge in [-0.1, -0.05) is 6.92 Å². The van der Waals surface area contributed by atoms with Gasteiger partial charge in [0, 0.05) is 19.1 Å². The molecule has 1 N–H and O–H groups in total. The van der Waals surface area contributed by atoms with Crippen molar-refractivity contribution < 1.29 is 4.79 Å². The van der Waals surface area contributed by atoms with Crippen LogP contribution in [0.15, 0.2) is 12.1 Å². The number of rotatable bonds is 4. The molecule has 0 bridgehead atoms. The molecule has 0 radical (unpaired) electrons. The maximum atomic E-state index is 12.2. The lowest BCUT2D eigenvalue weighted by molar-refractivity contribution is 0.0717. The first-order chi connectivity index (χ1) is 9.20. The lowest BCUT2D eigenvalue weighted by Gasteiger charge is -2.26. The van der Waals surface area contributed by atoms with Crippen LogP contribution in [0.4, 0.5) is 5.82 Å². The van der Waals surface area contributed by atoms with Gasteiger partial charge in [-0.25, -0.2) is 0 Å². The molecule has 1 aliphatic heterocycles. The van der Waals surface area contributed by atoms with Crippen LogP contribution < -0.4 is 5.32 Å². The first kappa shape index (κ1) is 13.8. The molecule has 104 valence electrons. The van der Waals surface area contributed by atoms with Crippen LogP contribution in [0.2, 0.25) is 0 Å². The number of nitrogens with zero attached hydrogens (tertiary/aromatic N) is 3. The van der Waals surface area contributed by atoms with Gasteiger partial charge >= 0.3 is 0 Å². The number of hydrogen-bond acceptors (Lipinski definition) is 4. The standard InChI is InChI=1S/C14H22N4O/c1-3-11(2)15-13-8-7-12(16-17-13)14(19)18-9-5-4-6-10-18/h7-8,11H,3-6,9-10H2,1-2H3,(H,15,17). The van der Waals surface area contributed by atoms with Gasteiger partial charge in [-0.2, -0.15) is 0 Å². The van der Waals surface area contributed by atoms with Crippen molar-refractivity contribution in [2.75, 3.05) is 18.4 Å². The van der Waals surface area contributed by atoms with Crippen LogP contribution in [-0.2, 0) is 0 Å². The molecule has 0 aliphatic carbocycles. The predicted molar refractivity (Wildman–Crippen MR) is 75.2 cm³/mol.